The van der Waals surface area contributed by atoms with Gasteiger partial charge in [0.25, 0.3) is 0 Å². The fraction of sp³-hybridized carbons (Fsp3) is 1.00. The highest BCUT2D eigenvalue weighted by atomic mass is 32.2. The van der Waals surface area contributed by atoms with Crippen molar-refractivity contribution in [2.24, 2.45) is 11.8 Å². The highest BCUT2D eigenvalue weighted by molar-refractivity contribution is 7.88. The largest absolute Gasteiger partial charge is 0.316 e. The molecule has 0 aromatic carbocycles. The molecule has 1 saturated heterocycles. The summed E-state index contributed by atoms with van der Waals surface area (Å²) in [7, 11) is -2.98. The monoisotopic (exact) mass is 246 g/mol. The second kappa shape index (κ2) is 5.02. The van der Waals surface area contributed by atoms with Crippen LogP contribution in [0, 0.1) is 11.8 Å². The van der Waals surface area contributed by atoms with Crippen molar-refractivity contribution >= 4 is 10.0 Å². The predicted molar refractivity (Wildman–Crippen MR) is 64.7 cm³/mol. The maximum Gasteiger partial charge on any atom is 0.211 e. The van der Waals surface area contributed by atoms with Crippen LogP contribution < -0.4 is 5.32 Å². The SMILES string of the molecule is CS(=O)(=O)N1CCCC(CNCC2CC2)C1. The van der Waals surface area contributed by atoms with Crippen LogP contribution in [-0.4, -0.2) is 45.2 Å². The number of hydrogen-bond acceptors (Lipinski definition) is 3. The molecule has 1 saturated carbocycles. The lowest BCUT2D eigenvalue weighted by atomic mass is 10.00. The number of piperidine rings is 1. The van der Waals surface area contributed by atoms with E-state index in [2.05, 4.69) is 5.32 Å². The van der Waals surface area contributed by atoms with Crippen LogP contribution in [0.2, 0.25) is 0 Å². The van der Waals surface area contributed by atoms with Gasteiger partial charge < -0.3 is 5.32 Å². The first-order chi connectivity index (χ1) is 7.55. The Kier molecular flexibility index (Phi) is 3.87. The molecule has 1 N–H and O–H groups in total. The zero-order valence-corrected chi connectivity index (χ0v) is 10.8. The number of hydrogen-bond donors (Lipinski definition) is 1. The lowest BCUT2D eigenvalue weighted by Gasteiger charge is -2.31. The van der Waals surface area contributed by atoms with E-state index in [1.54, 1.807) is 4.31 Å². The van der Waals surface area contributed by atoms with Crippen LogP contribution in [0.15, 0.2) is 0 Å². The Labute approximate surface area is 98.4 Å². The average Bonchev–Trinajstić information content (AvgIpc) is 3.01. The van der Waals surface area contributed by atoms with Gasteiger partial charge in [0, 0.05) is 13.1 Å². The molecule has 1 aliphatic carbocycles. The van der Waals surface area contributed by atoms with Gasteiger partial charge in [0.05, 0.1) is 6.26 Å². The van der Waals surface area contributed by atoms with Crippen molar-refractivity contribution < 1.29 is 8.42 Å². The summed E-state index contributed by atoms with van der Waals surface area (Å²) < 4.78 is 24.5. The maximum absolute atomic E-state index is 11.4. The van der Waals surface area contributed by atoms with Crippen molar-refractivity contribution in [3.05, 3.63) is 0 Å². The molecule has 1 atom stereocenters. The second-order valence-corrected chi connectivity index (χ2v) is 7.21. The molecule has 2 rings (SSSR count). The summed E-state index contributed by atoms with van der Waals surface area (Å²) in [6.45, 7) is 3.51. The van der Waals surface area contributed by atoms with E-state index in [0.717, 1.165) is 31.8 Å². The molecule has 1 heterocycles. The summed E-state index contributed by atoms with van der Waals surface area (Å²) in [6, 6.07) is 0. The maximum atomic E-state index is 11.4. The van der Waals surface area contributed by atoms with Crippen LogP contribution in [-0.2, 0) is 10.0 Å². The third-order valence-electron chi connectivity index (χ3n) is 3.51. The van der Waals surface area contributed by atoms with Gasteiger partial charge in [-0.3, -0.25) is 0 Å². The first-order valence-corrected chi connectivity index (χ1v) is 8.06. The van der Waals surface area contributed by atoms with Gasteiger partial charge in [0.15, 0.2) is 0 Å². The van der Waals surface area contributed by atoms with Gasteiger partial charge in [-0.2, -0.15) is 0 Å². The second-order valence-electron chi connectivity index (χ2n) is 5.23. The third kappa shape index (κ3) is 3.71. The molecule has 0 bridgehead atoms. The van der Waals surface area contributed by atoms with Crippen molar-refractivity contribution in [2.75, 3.05) is 32.4 Å². The number of nitrogens with zero attached hydrogens (tertiary/aromatic N) is 1. The van der Waals surface area contributed by atoms with Gasteiger partial charge in [-0.05, 0) is 50.6 Å². The van der Waals surface area contributed by atoms with Crippen molar-refractivity contribution in [1.82, 2.24) is 9.62 Å². The molecule has 1 aliphatic heterocycles. The Bertz CT molecular complexity index is 325. The van der Waals surface area contributed by atoms with Gasteiger partial charge in [-0.25, -0.2) is 12.7 Å². The van der Waals surface area contributed by atoms with E-state index in [-0.39, 0.29) is 0 Å². The van der Waals surface area contributed by atoms with Crippen molar-refractivity contribution in [3.63, 3.8) is 0 Å². The lowest BCUT2D eigenvalue weighted by molar-refractivity contribution is 0.261. The van der Waals surface area contributed by atoms with E-state index in [4.69, 9.17) is 0 Å². The highest BCUT2D eigenvalue weighted by Crippen LogP contribution is 2.27. The van der Waals surface area contributed by atoms with E-state index >= 15 is 0 Å². The van der Waals surface area contributed by atoms with Crippen LogP contribution >= 0.6 is 0 Å². The molecule has 94 valence electrons. The van der Waals surface area contributed by atoms with E-state index in [1.807, 2.05) is 0 Å². The van der Waals surface area contributed by atoms with Crippen molar-refractivity contribution in [1.29, 1.82) is 0 Å². The quantitative estimate of drug-likeness (QED) is 0.775. The average molecular weight is 246 g/mol. The third-order valence-corrected chi connectivity index (χ3v) is 4.78. The topological polar surface area (TPSA) is 49.4 Å². The van der Waals surface area contributed by atoms with E-state index in [1.165, 1.54) is 19.1 Å². The summed E-state index contributed by atoms with van der Waals surface area (Å²) in [5.41, 5.74) is 0. The molecule has 1 unspecified atom stereocenters. The lowest BCUT2D eigenvalue weighted by Crippen LogP contribution is -2.42. The summed E-state index contributed by atoms with van der Waals surface area (Å²) in [6.07, 6.45) is 6.21. The minimum atomic E-state index is -2.98. The normalized spacial score (nSPS) is 28.2. The fourth-order valence-corrected chi connectivity index (χ4v) is 3.25. The van der Waals surface area contributed by atoms with Crippen molar-refractivity contribution in [3.8, 4) is 0 Å². The highest BCUT2D eigenvalue weighted by Gasteiger charge is 2.26. The van der Waals surface area contributed by atoms with E-state index in [0.29, 0.717) is 19.0 Å². The minimum absolute atomic E-state index is 0.502. The first-order valence-electron chi connectivity index (χ1n) is 6.21. The first kappa shape index (κ1) is 12.3. The Morgan fingerprint density at radius 1 is 1.19 bits per heavy atom. The fourth-order valence-electron chi connectivity index (χ4n) is 2.31. The predicted octanol–water partition coefficient (Wildman–Crippen LogP) is 0.658. The molecule has 4 nitrogen and oxygen atoms in total. The Morgan fingerprint density at radius 2 is 1.88 bits per heavy atom. The standard InChI is InChI=1S/C11H22N2O2S/c1-16(14,15)13-6-2-3-11(9-13)8-12-7-10-4-5-10/h10-12H,2-9H2,1H3. The zero-order valence-electron chi connectivity index (χ0n) is 9.98. The van der Waals surface area contributed by atoms with Gasteiger partial charge in [-0.15, -0.1) is 0 Å². The van der Waals surface area contributed by atoms with E-state index in [9.17, 15) is 8.42 Å². The zero-order chi connectivity index (χ0) is 11.6. The number of nitrogens with one attached hydrogen (secondary N) is 1. The smallest absolute Gasteiger partial charge is 0.211 e. The number of sulfonamides is 1. The molecule has 2 aliphatic rings. The summed E-state index contributed by atoms with van der Waals surface area (Å²) in [4.78, 5) is 0. The van der Waals surface area contributed by atoms with Crippen LogP contribution in [0.3, 0.4) is 0 Å². The molecule has 0 radical (unpaired) electrons. The van der Waals surface area contributed by atoms with Crippen molar-refractivity contribution in [2.45, 2.75) is 25.7 Å². The summed E-state index contributed by atoms with van der Waals surface area (Å²) in [5.74, 6) is 1.40. The Balaban J connectivity index is 1.72. The van der Waals surface area contributed by atoms with Gasteiger partial charge in [-0.1, -0.05) is 0 Å². The molecule has 2 fully saturated rings. The molecular weight excluding hydrogens is 224 g/mol. The minimum Gasteiger partial charge on any atom is -0.316 e. The van der Waals surface area contributed by atoms with Crippen LogP contribution in [0.1, 0.15) is 25.7 Å². The molecule has 0 aromatic heterocycles. The van der Waals surface area contributed by atoms with Crippen LogP contribution in [0.4, 0.5) is 0 Å². The number of rotatable bonds is 5. The molecule has 0 aromatic rings. The van der Waals surface area contributed by atoms with Gasteiger partial charge >= 0.3 is 0 Å². The summed E-state index contributed by atoms with van der Waals surface area (Å²) in [5, 5.41) is 3.47. The molecule has 0 amide bonds. The molecule has 0 spiro atoms. The molecule has 16 heavy (non-hydrogen) atoms. The van der Waals surface area contributed by atoms with Crippen LogP contribution in [0.25, 0.3) is 0 Å². The van der Waals surface area contributed by atoms with Gasteiger partial charge in [0.2, 0.25) is 10.0 Å². The Morgan fingerprint density at radius 3 is 2.50 bits per heavy atom. The van der Waals surface area contributed by atoms with Crippen LogP contribution in [0.5, 0.6) is 0 Å². The Hall–Kier alpha value is -0.130. The summed E-state index contributed by atoms with van der Waals surface area (Å²) >= 11 is 0. The van der Waals surface area contributed by atoms with Gasteiger partial charge in [0.1, 0.15) is 0 Å². The molecular formula is C11H22N2O2S. The molecule has 5 heteroatoms. The van der Waals surface area contributed by atoms with E-state index < -0.39 is 10.0 Å².